The maximum absolute atomic E-state index is 10.1. The Balaban J connectivity index is 2.13. The molecule has 0 aromatic heterocycles. The van der Waals surface area contributed by atoms with E-state index in [2.05, 4.69) is 0 Å². The van der Waals surface area contributed by atoms with Crippen LogP contribution in [0.1, 0.15) is 11.1 Å². The summed E-state index contributed by atoms with van der Waals surface area (Å²) in [4.78, 5) is 10.1. The SMILES string of the molecule is Cc1ccc(O[P+](O)([S-])Oc2ccc(C)c(O)c2)cc1O. The van der Waals surface area contributed by atoms with Crippen LogP contribution in [0, 0.1) is 13.8 Å². The Hall–Kier alpha value is -1.62. The summed E-state index contributed by atoms with van der Waals surface area (Å²) >= 11 is 4.92. The molecule has 7 heteroatoms. The van der Waals surface area contributed by atoms with Crippen molar-refractivity contribution in [3.8, 4) is 23.0 Å². The first-order valence-electron chi connectivity index (χ1n) is 6.08. The maximum Gasteiger partial charge on any atom is 0.379 e. The quantitative estimate of drug-likeness (QED) is 0.590. The van der Waals surface area contributed by atoms with Crippen molar-refractivity contribution in [2.75, 3.05) is 0 Å². The molecule has 112 valence electrons. The van der Waals surface area contributed by atoms with E-state index in [1.54, 1.807) is 38.1 Å². The van der Waals surface area contributed by atoms with Crippen molar-refractivity contribution in [2.45, 2.75) is 13.8 Å². The van der Waals surface area contributed by atoms with E-state index in [4.69, 9.17) is 21.3 Å². The Morgan fingerprint density at radius 1 is 0.857 bits per heavy atom. The van der Waals surface area contributed by atoms with E-state index in [9.17, 15) is 15.1 Å². The third kappa shape index (κ3) is 4.17. The molecule has 0 bridgehead atoms. The van der Waals surface area contributed by atoms with Crippen LogP contribution in [0.25, 0.3) is 0 Å². The van der Waals surface area contributed by atoms with Crippen molar-refractivity contribution in [3.05, 3.63) is 47.5 Å². The lowest BCUT2D eigenvalue weighted by atomic mass is 10.2. The average molecular weight is 326 g/mol. The second kappa shape index (κ2) is 6.02. The first-order chi connectivity index (χ1) is 9.77. The number of aryl methyl sites for hydroxylation is 2. The van der Waals surface area contributed by atoms with Crippen molar-refractivity contribution in [1.82, 2.24) is 0 Å². The molecule has 0 aliphatic heterocycles. The van der Waals surface area contributed by atoms with E-state index in [0.29, 0.717) is 11.1 Å². The van der Waals surface area contributed by atoms with Crippen LogP contribution >= 0.6 is 7.15 Å². The molecule has 3 N–H and O–H groups in total. The molecule has 0 saturated heterocycles. The van der Waals surface area contributed by atoms with E-state index in [1.807, 2.05) is 0 Å². The van der Waals surface area contributed by atoms with Crippen LogP contribution in [-0.2, 0) is 12.2 Å². The molecule has 0 saturated carbocycles. The van der Waals surface area contributed by atoms with Gasteiger partial charge in [0.05, 0.1) is 0 Å². The van der Waals surface area contributed by atoms with Gasteiger partial charge in [-0.1, -0.05) is 12.1 Å². The molecule has 2 aromatic carbocycles. The second-order valence-electron chi connectivity index (χ2n) is 4.55. The van der Waals surface area contributed by atoms with Gasteiger partial charge in [0.2, 0.25) is 0 Å². The second-order valence-corrected chi connectivity index (χ2v) is 7.23. The lowest BCUT2D eigenvalue weighted by Gasteiger charge is -2.22. The highest BCUT2D eigenvalue weighted by Gasteiger charge is 2.27. The largest absolute Gasteiger partial charge is 0.508 e. The van der Waals surface area contributed by atoms with Crippen LogP contribution in [0.2, 0.25) is 0 Å². The van der Waals surface area contributed by atoms with Gasteiger partial charge in [-0.15, -0.1) is 0 Å². The summed E-state index contributed by atoms with van der Waals surface area (Å²) in [5.74, 6) is 0.492. The summed E-state index contributed by atoms with van der Waals surface area (Å²) < 4.78 is 10.5. The molecule has 0 heterocycles. The van der Waals surface area contributed by atoms with Gasteiger partial charge in [-0.05, 0) is 37.1 Å². The van der Waals surface area contributed by atoms with E-state index < -0.39 is 7.15 Å². The van der Waals surface area contributed by atoms with Crippen molar-refractivity contribution >= 4 is 19.4 Å². The van der Waals surface area contributed by atoms with E-state index >= 15 is 0 Å². The molecule has 0 unspecified atom stereocenters. The smallest absolute Gasteiger partial charge is 0.379 e. The molecule has 21 heavy (non-hydrogen) atoms. The van der Waals surface area contributed by atoms with Gasteiger partial charge >= 0.3 is 7.15 Å². The topological polar surface area (TPSA) is 79.2 Å². The molecule has 5 nitrogen and oxygen atoms in total. The zero-order chi connectivity index (χ0) is 15.6. The van der Waals surface area contributed by atoms with Crippen molar-refractivity contribution < 1.29 is 24.2 Å². The zero-order valence-corrected chi connectivity index (χ0v) is 13.2. The highest BCUT2D eigenvalue weighted by atomic mass is 32.7. The Morgan fingerprint density at radius 2 is 1.24 bits per heavy atom. The normalized spacial score (nSPS) is 11.2. The molecular weight excluding hydrogens is 311 g/mol. The van der Waals surface area contributed by atoms with Crippen LogP contribution in [0.3, 0.4) is 0 Å². The van der Waals surface area contributed by atoms with Gasteiger partial charge in [0.25, 0.3) is 0 Å². The lowest BCUT2D eigenvalue weighted by Crippen LogP contribution is -2.05. The first-order valence-corrected chi connectivity index (χ1v) is 8.67. The minimum Gasteiger partial charge on any atom is -0.508 e. The van der Waals surface area contributed by atoms with Gasteiger partial charge in [0.15, 0.2) is 11.5 Å². The van der Waals surface area contributed by atoms with E-state index in [0.717, 1.165) is 0 Å². The van der Waals surface area contributed by atoms with Gasteiger partial charge in [-0.2, -0.15) is 4.89 Å². The summed E-state index contributed by atoms with van der Waals surface area (Å²) in [6, 6.07) is 9.12. The van der Waals surface area contributed by atoms with Gasteiger partial charge in [-0.3, -0.25) is 0 Å². The van der Waals surface area contributed by atoms with E-state index in [1.165, 1.54) is 12.1 Å². The number of aromatic hydroxyl groups is 2. The molecule has 0 aliphatic rings. The molecule has 0 atom stereocenters. The van der Waals surface area contributed by atoms with E-state index in [-0.39, 0.29) is 23.0 Å². The molecule has 0 fully saturated rings. The summed E-state index contributed by atoms with van der Waals surface area (Å²) in [6.07, 6.45) is 0. The minimum atomic E-state index is -3.60. The fourth-order valence-corrected chi connectivity index (χ4v) is 2.89. The fraction of sp³-hybridized carbons (Fsp3) is 0.143. The molecule has 0 spiro atoms. The Bertz CT molecular complexity index is 604. The molecule has 0 amide bonds. The number of benzene rings is 2. The predicted octanol–water partition coefficient (Wildman–Crippen LogP) is 3.39. The molecule has 0 radical (unpaired) electrons. The fourth-order valence-electron chi connectivity index (χ4n) is 1.58. The molecular formula is C14H15O5PS. The highest BCUT2D eigenvalue weighted by Crippen LogP contribution is 2.54. The first kappa shape index (κ1) is 15.8. The van der Waals surface area contributed by atoms with Crippen LogP contribution in [0.5, 0.6) is 23.0 Å². The molecule has 2 rings (SSSR count). The third-order valence-electron chi connectivity index (χ3n) is 2.80. The van der Waals surface area contributed by atoms with Gasteiger partial charge in [-0.25, -0.2) is 0 Å². The molecule has 2 aromatic rings. The third-order valence-corrected chi connectivity index (χ3v) is 4.13. The lowest BCUT2D eigenvalue weighted by molar-refractivity contribution is 0.370. The standard InChI is InChI=1S/C14H15O5PS/c1-9-3-5-11(7-13(9)15)18-20(17,21)19-12-6-4-10(2)14(16)8-12/h3-8,15-16H,1-2H3,(H,17,21). The Morgan fingerprint density at radius 3 is 1.57 bits per heavy atom. The van der Waals surface area contributed by atoms with Crippen molar-refractivity contribution in [3.63, 3.8) is 0 Å². The number of phenols is 2. The number of rotatable bonds is 4. The minimum absolute atomic E-state index is 0.0375. The average Bonchev–Trinajstić information content (AvgIpc) is 2.37. The van der Waals surface area contributed by atoms with Gasteiger partial charge < -0.3 is 31.5 Å². The monoisotopic (exact) mass is 326 g/mol. The maximum atomic E-state index is 10.1. The predicted molar refractivity (Wildman–Crippen MR) is 83.4 cm³/mol. The van der Waals surface area contributed by atoms with Crippen LogP contribution < -0.4 is 9.05 Å². The van der Waals surface area contributed by atoms with Crippen molar-refractivity contribution in [1.29, 1.82) is 0 Å². The number of hydrogen-bond donors (Lipinski definition) is 3. The zero-order valence-electron chi connectivity index (χ0n) is 11.5. The van der Waals surface area contributed by atoms with Gasteiger partial charge in [0.1, 0.15) is 11.5 Å². The summed E-state index contributed by atoms with van der Waals surface area (Å²) in [5, 5.41) is 19.2. The van der Waals surface area contributed by atoms with Gasteiger partial charge in [0, 0.05) is 12.1 Å². The number of hydrogen-bond acceptors (Lipinski definition) is 6. The summed E-state index contributed by atoms with van der Waals surface area (Å²) in [7, 11) is -3.60. The number of phenolic OH excluding ortho intramolecular Hbond substituents is 2. The Labute approximate surface area is 128 Å². The van der Waals surface area contributed by atoms with Crippen LogP contribution in [0.4, 0.5) is 0 Å². The summed E-state index contributed by atoms with van der Waals surface area (Å²) in [6.45, 7) is 3.47. The van der Waals surface area contributed by atoms with Crippen molar-refractivity contribution in [2.24, 2.45) is 0 Å². The summed E-state index contributed by atoms with van der Waals surface area (Å²) in [5.41, 5.74) is 1.36. The van der Waals surface area contributed by atoms with Crippen LogP contribution in [-0.4, -0.2) is 15.1 Å². The Kier molecular flexibility index (Phi) is 4.52. The highest BCUT2D eigenvalue weighted by molar-refractivity contribution is 8.35. The molecule has 0 aliphatic carbocycles. The van der Waals surface area contributed by atoms with Crippen LogP contribution in [0.15, 0.2) is 36.4 Å².